The Morgan fingerprint density at radius 2 is 2.14 bits per heavy atom. The lowest BCUT2D eigenvalue weighted by molar-refractivity contribution is -0.144. The molecule has 0 spiro atoms. The SMILES string of the molecule is NC(CCCCB(O)O)(C(=O)O)c1nc2ccc(Cl)cc2s1. The molecule has 0 saturated carbocycles. The van der Waals surface area contributed by atoms with E-state index in [1.807, 2.05) is 0 Å². The monoisotopic (exact) mass is 342 g/mol. The van der Waals surface area contributed by atoms with Crippen molar-refractivity contribution < 1.29 is 19.9 Å². The Hall–Kier alpha value is -1.19. The number of thiazole rings is 1. The van der Waals surface area contributed by atoms with Crippen molar-refractivity contribution in [3.8, 4) is 0 Å². The number of rotatable bonds is 7. The fourth-order valence-corrected chi connectivity index (χ4v) is 3.49. The molecule has 5 N–H and O–H groups in total. The van der Waals surface area contributed by atoms with Crippen LogP contribution in [0.5, 0.6) is 0 Å². The number of hydrogen-bond acceptors (Lipinski definition) is 6. The zero-order chi connectivity index (χ0) is 16.3. The summed E-state index contributed by atoms with van der Waals surface area (Å²) in [7, 11) is -1.39. The van der Waals surface area contributed by atoms with Gasteiger partial charge in [0, 0.05) is 5.02 Å². The van der Waals surface area contributed by atoms with Crippen LogP contribution in [0.4, 0.5) is 0 Å². The molecule has 2 aromatic rings. The number of nitrogens with zero attached hydrogens (tertiary/aromatic N) is 1. The lowest BCUT2D eigenvalue weighted by atomic mass is 9.82. The molecule has 2 rings (SSSR count). The maximum absolute atomic E-state index is 11.6. The maximum atomic E-state index is 11.6. The van der Waals surface area contributed by atoms with Gasteiger partial charge in [-0.05, 0) is 30.9 Å². The summed E-state index contributed by atoms with van der Waals surface area (Å²) >= 11 is 7.13. The van der Waals surface area contributed by atoms with Crippen molar-refractivity contribution in [3.05, 3.63) is 28.2 Å². The van der Waals surface area contributed by atoms with E-state index in [0.29, 0.717) is 28.4 Å². The third-order valence-electron chi connectivity index (χ3n) is 3.40. The first-order valence-electron chi connectivity index (χ1n) is 6.78. The molecule has 1 atom stereocenters. The fraction of sp³-hybridized carbons (Fsp3) is 0.385. The number of hydrogen-bond donors (Lipinski definition) is 4. The molecule has 9 heteroatoms. The highest BCUT2D eigenvalue weighted by molar-refractivity contribution is 7.18. The Morgan fingerprint density at radius 1 is 1.41 bits per heavy atom. The van der Waals surface area contributed by atoms with E-state index in [-0.39, 0.29) is 12.7 Å². The van der Waals surface area contributed by atoms with Gasteiger partial charge in [0.25, 0.3) is 0 Å². The molecule has 0 bridgehead atoms. The molecule has 0 radical (unpaired) electrons. The summed E-state index contributed by atoms with van der Waals surface area (Å²) in [6.07, 6.45) is 1.28. The van der Waals surface area contributed by atoms with E-state index in [4.69, 9.17) is 27.4 Å². The van der Waals surface area contributed by atoms with E-state index in [1.54, 1.807) is 18.2 Å². The van der Waals surface area contributed by atoms with Crippen LogP contribution in [0, 0.1) is 0 Å². The number of nitrogens with two attached hydrogens (primary N) is 1. The van der Waals surface area contributed by atoms with Crippen LogP contribution in [-0.4, -0.2) is 33.2 Å². The molecule has 6 nitrogen and oxygen atoms in total. The van der Waals surface area contributed by atoms with Gasteiger partial charge in [0.05, 0.1) is 10.2 Å². The summed E-state index contributed by atoms with van der Waals surface area (Å²) in [5, 5.41) is 28.0. The average Bonchev–Trinajstić information content (AvgIpc) is 2.86. The smallest absolute Gasteiger partial charge is 0.451 e. The number of halogens is 1. The topological polar surface area (TPSA) is 117 Å². The minimum atomic E-state index is -1.59. The summed E-state index contributed by atoms with van der Waals surface area (Å²) in [6, 6.07) is 5.14. The first-order chi connectivity index (χ1) is 10.3. The second-order valence-electron chi connectivity index (χ2n) is 5.13. The third kappa shape index (κ3) is 3.77. The Labute approximate surface area is 136 Å². The number of aliphatic carboxylic acids is 1. The van der Waals surface area contributed by atoms with Crippen molar-refractivity contribution in [1.29, 1.82) is 0 Å². The summed E-state index contributed by atoms with van der Waals surface area (Å²) in [6.45, 7) is 0. The molecular weight excluding hydrogens is 326 g/mol. The van der Waals surface area contributed by atoms with Crippen LogP contribution in [0.2, 0.25) is 11.3 Å². The Morgan fingerprint density at radius 3 is 2.77 bits per heavy atom. The summed E-state index contributed by atoms with van der Waals surface area (Å²) in [5.41, 5.74) is 5.14. The molecule has 0 amide bonds. The molecule has 118 valence electrons. The van der Waals surface area contributed by atoms with Crippen LogP contribution < -0.4 is 5.73 Å². The second kappa shape index (κ2) is 6.93. The van der Waals surface area contributed by atoms with Gasteiger partial charge in [0.2, 0.25) is 0 Å². The zero-order valence-corrected chi connectivity index (χ0v) is 13.3. The van der Waals surface area contributed by atoms with Gasteiger partial charge in [0.15, 0.2) is 5.54 Å². The number of benzene rings is 1. The van der Waals surface area contributed by atoms with Crippen molar-refractivity contribution in [2.45, 2.75) is 31.1 Å². The van der Waals surface area contributed by atoms with Gasteiger partial charge in [-0.1, -0.05) is 24.4 Å². The largest absolute Gasteiger partial charge is 0.480 e. The van der Waals surface area contributed by atoms with Crippen LogP contribution in [0.25, 0.3) is 10.2 Å². The third-order valence-corrected chi connectivity index (χ3v) is 4.83. The first-order valence-corrected chi connectivity index (χ1v) is 7.97. The fourth-order valence-electron chi connectivity index (χ4n) is 2.13. The molecule has 1 unspecified atom stereocenters. The average molecular weight is 343 g/mol. The molecular formula is C13H16BClN2O4S. The molecule has 0 saturated heterocycles. The minimum Gasteiger partial charge on any atom is -0.480 e. The van der Waals surface area contributed by atoms with Crippen molar-refractivity contribution in [2.24, 2.45) is 5.73 Å². The predicted octanol–water partition coefficient (Wildman–Crippen LogP) is 1.83. The first kappa shape index (κ1) is 17.2. The van der Waals surface area contributed by atoms with Gasteiger partial charge in [-0.3, -0.25) is 0 Å². The number of unbranched alkanes of at least 4 members (excludes halogenated alkanes) is 1. The summed E-state index contributed by atoms with van der Waals surface area (Å²) in [4.78, 5) is 15.9. The zero-order valence-electron chi connectivity index (χ0n) is 11.7. The molecule has 1 aromatic carbocycles. The van der Waals surface area contributed by atoms with Gasteiger partial charge in [0.1, 0.15) is 5.01 Å². The van der Waals surface area contributed by atoms with E-state index in [0.717, 1.165) is 4.70 Å². The quantitative estimate of drug-likeness (QED) is 0.450. The standard InChI is InChI=1S/C13H16BClN2O4S/c15-8-3-4-9-10(7-8)22-11(17-9)13(16,12(18)19)5-1-2-6-14(20)21/h3-4,7,20-21H,1-2,5-6,16H2,(H,18,19). The number of carboxylic acid groups (broad SMARTS) is 1. The molecule has 0 aliphatic heterocycles. The van der Waals surface area contributed by atoms with Crippen LogP contribution in [-0.2, 0) is 10.3 Å². The predicted molar refractivity (Wildman–Crippen MR) is 87.0 cm³/mol. The highest BCUT2D eigenvalue weighted by Gasteiger charge is 2.38. The molecule has 0 fully saturated rings. The Kier molecular flexibility index (Phi) is 5.41. The van der Waals surface area contributed by atoms with Gasteiger partial charge >= 0.3 is 13.1 Å². The molecule has 0 aliphatic rings. The van der Waals surface area contributed by atoms with E-state index < -0.39 is 18.6 Å². The van der Waals surface area contributed by atoms with Crippen LogP contribution in [0.1, 0.15) is 24.3 Å². The van der Waals surface area contributed by atoms with Crippen LogP contribution >= 0.6 is 22.9 Å². The molecule has 1 aromatic heterocycles. The van der Waals surface area contributed by atoms with E-state index in [2.05, 4.69) is 4.98 Å². The highest BCUT2D eigenvalue weighted by Crippen LogP contribution is 2.33. The molecule has 0 aliphatic carbocycles. The van der Waals surface area contributed by atoms with Gasteiger partial charge < -0.3 is 20.9 Å². The van der Waals surface area contributed by atoms with Crippen molar-refractivity contribution >= 4 is 46.2 Å². The van der Waals surface area contributed by atoms with Crippen molar-refractivity contribution in [3.63, 3.8) is 0 Å². The van der Waals surface area contributed by atoms with Crippen LogP contribution in [0.15, 0.2) is 18.2 Å². The number of carboxylic acids is 1. The number of fused-ring (bicyclic) bond motifs is 1. The van der Waals surface area contributed by atoms with E-state index >= 15 is 0 Å². The maximum Gasteiger partial charge on any atom is 0.451 e. The van der Waals surface area contributed by atoms with Crippen molar-refractivity contribution in [2.75, 3.05) is 0 Å². The van der Waals surface area contributed by atoms with Gasteiger partial charge in [-0.25, -0.2) is 9.78 Å². The Balaban J connectivity index is 2.22. The molecule has 1 heterocycles. The lowest BCUT2D eigenvalue weighted by Gasteiger charge is -2.22. The lowest BCUT2D eigenvalue weighted by Crippen LogP contribution is -2.44. The minimum absolute atomic E-state index is 0.169. The van der Waals surface area contributed by atoms with Gasteiger partial charge in [-0.2, -0.15) is 0 Å². The molecule has 22 heavy (non-hydrogen) atoms. The highest BCUT2D eigenvalue weighted by atomic mass is 35.5. The summed E-state index contributed by atoms with van der Waals surface area (Å²) < 4.78 is 0.782. The van der Waals surface area contributed by atoms with Crippen LogP contribution in [0.3, 0.4) is 0 Å². The van der Waals surface area contributed by atoms with E-state index in [9.17, 15) is 9.90 Å². The van der Waals surface area contributed by atoms with E-state index in [1.165, 1.54) is 11.3 Å². The second-order valence-corrected chi connectivity index (χ2v) is 6.60. The van der Waals surface area contributed by atoms with Gasteiger partial charge in [-0.15, -0.1) is 11.3 Å². The summed E-state index contributed by atoms with van der Waals surface area (Å²) in [5.74, 6) is -1.15. The van der Waals surface area contributed by atoms with Crippen molar-refractivity contribution in [1.82, 2.24) is 4.98 Å². The number of aromatic nitrogens is 1. The Bertz CT molecular complexity index is 681. The normalized spacial score (nSPS) is 14.0. The number of carbonyl (C=O) groups is 1.